The Balaban J connectivity index is 2.81. The molecule has 20 heavy (non-hydrogen) atoms. The molecule has 0 aliphatic rings. The monoisotopic (exact) mass is 275 g/mol. The molecule has 110 valence electrons. The average Bonchev–Trinajstić information content (AvgIpc) is 2.45. The van der Waals surface area contributed by atoms with Gasteiger partial charge in [-0.05, 0) is 31.9 Å². The summed E-state index contributed by atoms with van der Waals surface area (Å²) in [6.45, 7) is 6.37. The van der Waals surface area contributed by atoms with E-state index in [-0.39, 0.29) is 13.2 Å². The van der Waals surface area contributed by atoms with Gasteiger partial charge in [0.15, 0.2) is 0 Å². The molecular formula is C17H25NO2. The highest BCUT2D eigenvalue weighted by Crippen LogP contribution is 2.13. The van der Waals surface area contributed by atoms with E-state index in [2.05, 4.69) is 36.7 Å². The van der Waals surface area contributed by atoms with E-state index in [1.165, 1.54) is 5.56 Å². The van der Waals surface area contributed by atoms with Gasteiger partial charge in [-0.1, -0.05) is 30.0 Å². The van der Waals surface area contributed by atoms with Crippen LogP contribution in [0, 0.1) is 11.8 Å². The fraction of sp³-hybridized carbons (Fsp3) is 0.529. The lowest BCUT2D eigenvalue weighted by Gasteiger charge is -2.26. The highest BCUT2D eigenvalue weighted by molar-refractivity contribution is 5.41. The summed E-state index contributed by atoms with van der Waals surface area (Å²) >= 11 is 0. The highest BCUT2D eigenvalue weighted by Gasteiger charge is 2.11. The Kier molecular flexibility index (Phi) is 7.98. The fourth-order valence-electron chi connectivity index (χ4n) is 2.01. The van der Waals surface area contributed by atoms with Gasteiger partial charge in [-0.3, -0.25) is 4.90 Å². The minimum atomic E-state index is 0.101. The predicted molar refractivity (Wildman–Crippen MR) is 82.3 cm³/mol. The molecular weight excluding hydrogens is 250 g/mol. The molecule has 0 saturated carbocycles. The normalized spacial score (nSPS) is 10.7. The van der Waals surface area contributed by atoms with Gasteiger partial charge in [0.1, 0.15) is 0 Å². The van der Waals surface area contributed by atoms with E-state index in [4.69, 9.17) is 10.2 Å². The Morgan fingerprint density at radius 2 is 1.90 bits per heavy atom. The molecule has 2 N–H and O–H groups in total. The Hall–Kier alpha value is -1.34. The third-order valence-corrected chi connectivity index (χ3v) is 3.18. The number of hydrogen-bond acceptors (Lipinski definition) is 3. The zero-order valence-electron chi connectivity index (χ0n) is 12.5. The van der Waals surface area contributed by atoms with Crippen molar-refractivity contribution in [3.05, 3.63) is 35.4 Å². The fourth-order valence-corrected chi connectivity index (χ4v) is 2.01. The van der Waals surface area contributed by atoms with Gasteiger partial charge in [-0.2, -0.15) is 0 Å². The molecule has 0 spiro atoms. The molecule has 3 nitrogen and oxygen atoms in total. The van der Waals surface area contributed by atoms with Crippen molar-refractivity contribution in [3.8, 4) is 11.8 Å². The van der Waals surface area contributed by atoms with Gasteiger partial charge in [-0.15, -0.1) is 0 Å². The summed E-state index contributed by atoms with van der Waals surface area (Å²) in [5.74, 6) is 6.11. The molecule has 0 amide bonds. The number of hydrogen-bond donors (Lipinski definition) is 2. The minimum absolute atomic E-state index is 0.101. The van der Waals surface area contributed by atoms with Gasteiger partial charge >= 0.3 is 0 Å². The second-order valence-electron chi connectivity index (χ2n) is 5.07. The van der Waals surface area contributed by atoms with Crippen molar-refractivity contribution in [2.45, 2.75) is 39.3 Å². The summed E-state index contributed by atoms with van der Waals surface area (Å²) in [4.78, 5) is 2.34. The third kappa shape index (κ3) is 5.75. The van der Waals surface area contributed by atoms with Gasteiger partial charge in [0, 0.05) is 37.7 Å². The van der Waals surface area contributed by atoms with E-state index in [1.54, 1.807) is 0 Å². The van der Waals surface area contributed by atoms with E-state index in [0.29, 0.717) is 12.5 Å². The van der Waals surface area contributed by atoms with Crippen molar-refractivity contribution in [2.24, 2.45) is 0 Å². The molecule has 0 heterocycles. The van der Waals surface area contributed by atoms with Gasteiger partial charge in [-0.25, -0.2) is 0 Å². The number of benzene rings is 1. The molecule has 1 rings (SSSR count). The molecule has 0 atom stereocenters. The van der Waals surface area contributed by atoms with E-state index in [1.807, 2.05) is 18.2 Å². The van der Waals surface area contributed by atoms with Crippen LogP contribution in [0.3, 0.4) is 0 Å². The van der Waals surface area contributed by atoms with Gasteiger partial charge < -0.3 is 10.2 Å². The maximum absolute atomic E-state index is 8.99. The summed E-state index contributed by atoms with van der Waals surface area (Å²) < 4.78 is 0. The van der Waals surface area contributed by atoms with Crippen LogP contribution in [-0.2, 0) is 6.54 Å². The van der Waals surface area contributed by atoms with Crippen LogP contribution < -0.4 is 0 Å². The van der Waals surface area contributed by atoms with Crippen LogP contribution in [-0.4, -0.2) is 40.9 Å². The number of rotatable bonds is 7. The van der Waals surface area contributed by atoms with Crippen LogP contribution in [0.4, 0.5) is 0 Å². The second-order valence-corrected chi connectivity index (χ2v) is 5.07. The standard InChI is InChI=1S/C17H25NO2/c1-15(2)18(11-7-13-20)14-17-10-4-3-8-16(17)9-5-6-12-19/h3-4,8,10,15,19-20H,6-7,11-14H2,1-2H3. The zero-order chi connectivity index (χ0) is 14.8. The largest absolute Gasteiger partial charge is 0.396 e. The van der Waals surface area contributed by atoms with Gasteiger partial charge in [0.05, 0.1) is 6.61 Å². The SMILES string of the molecule is CC(C)N(CCCO)Cc1ccccc1C#CCCO. The molecule has 0 radical (unpaired) electrons. The first kappa shape index (κ1) is 16.7. The maximum atomic E-state index is 8.99. The Labute approximate surface area is 122 Å². The van der Waals surface area contributed by atoms with Crippen molar-refractivity contribution < 1.29 is 10.2 Å². The summed E-state index contributed by atoms with van der Waals surface area (Å²) in [6.07, 6.45) is 1.29. The van der Waals surface area contributed by atoms with Crippen molar-refractivity contribution in [1.29, 1.82) is 0 Å². The Morgan fingerprint density at radius 3 is 2.55 bits per heavy atom. The van der Waals surface area contributed by atoms with Gasteiger partial charge in [0.2, 0.25) is 0 Å². The molecule has 1 aromatic rings. The van der Waals surface area contributed by atoms with Crippen molar-refractivity contribution in [2.75, 3.05) is 19.8 Å². The number of aliphatic hydroxyl groups excluding tert-OH is 2. The second kappa shape index (κ2) is 9.55. The predicted octanol–water partition coefficient (Wildman–Crippen LogP) is 2.01. The van der Waals surface area contributed by atoms with Crippen molar-refractivity contribution in [3.63, 3.8) is 0 Å². The molecule has 0 aliphatic carbocycles. The lowest BCUT2D eigenvalue weighted by Crippen LogP contribution is -2.32. The van der Waals surface area contributed by atoms with E-state index < -0.39 is 0 Å². The molecule has 0 fully saturated rings. The number of nitrogens with zero attached hydrogens (tertiary/aromatic N) is 1. The van der Waals surface area contributed by atoms with E-state index in [9.17, 15) is 0 Å². The van der Waals surface area contributed by atoms with E-state index in [0.717, 1.165) is 25.1 Å². The summed E-state index contributed by atoms with van der Waals surface area (Å²) in [5.41, 5.74) is 2.22. The van der Waals surface area contributed by atoms with E-state index >= 15 is 0 Å². The van der Waals surface area contributed by atoms with Crippen LogP contribution >= 0.6 is 0 Å². The quantitative estimate of drug-likeness (QED) is 0.748. The first-order chi connectivity index (χ1) is 9.69. The lowest BCUT2D eigenvalue weighted by atomic mass is 10.1. The Morgan fingerprint density at radius 1 is 1.15 bits per heavy atom. The van der Waals surface area contributed by atoms with Crippen LogP contribution in [0.5, 0.6) is 0 Å². The van der Waals surface area contributed by atoms with Crippen molar-refractivity contribution >= 4 is 0 Å². The topological polar surface area (TPSA) is 43.7 Å². The number of aliphatic hydroxyl groups is 2. The molecule has 0 aliphatic heterocycles. The average molecular weight is 275 g/mol. The minimum Gasteiger partial charge on any atom is -0.396 e. The first-order valence-corrected chi connectivity index (χ1v) is 7.21. The molecule has 0 aromatic heterocycles. The summed E-state index contributed by atoms with van der Waals surface area (Å²) in [5, 5.41) is 17.8. The van der Waals surface area contributed by atoms with Gasteiger partial charge in [0.25, 0.3) is 0 Å². The van der Waals surface area contributed by atoms with Crippen LogP contribution in [0.15, 0.2) is 24.3 Å². The summed E-state index contributed by atoms with van der Waals surface area (Å²) in [6, 6.07) is 8.55. The molecule has 3 heteroatoms. The molecule has 0 unspecified atom stereocenters. The van der Waals surface area contributed by atoms with Crippen LogP contribution in [0.2, 0.25) is 0 Å². The van der Waals surface area contributed by atoms with Crippen LogP contribution in [0.1, 0.15) is 37.8 Å². The van der Waals surface area contributed by atoms with Crippen LogP contribution in [0.25, 0.3) is 0 Å². The summed E-state index contributed by atoms with van der Waals surface area (Å²) in [7, 11) is 0. The highest BCUT2D eigenvalue weighted by atomic mass is 16.3. The molecule has 0 bridgehead atoms. The first-order valence-electron chi connectivity index (χ1n) is 7.21. The van der Waals surface area contributed by atoms with Crippen molar-refractivity contribution in [1.82, 2.24) is 4.90 Å². The lowest BCUT2D eigenvalue weighted by molar-refractivity contribution is 0.185. The molecule has 1 aromatic carbocycles. The smallest absolute Gasteiger partial charge is 0.0540 e. The molecule has 0 saturated heterocycles. The third-order valence-electron chi connectivity index (χ3n) is 3.18. The maximum Gasteiger partial charge on any atom is 0.0540 e. The Bertz CT molecular complexity index is 446. The zero-order valence-corrected chi connectivity index (χ0v) is 12.5.